The quantitative estimate of drug-likeness (QED) is 0.799. The summed E-state index contributed by atoms with van der Waals surface area (Å²) in [5.74, 6) is 0.800. The van der Waals surface area contributed by atoms with Crippen LogP contribution < -0.4 is 16.4 Å². The molecule has 20 heavy (non-hydrogen) atoms. The van der Waals surface area contributed by atoms with Crippen LogP contribution in [0.3, 0.4) is 0 Å². The fraction of sp³-hybridized carbons (Fsp3) is 0.467. The number of aromatic nitrogens is 2. The SMILES string of the molecule is CC(CC1CCC1)Nc1cccc2c(=O)[nH][nH]c(=O)c12. The molecule has 1 aliphatic carbocycles. The first-order chi connectivity index (χ1) is 9.65. The summed E-state index contributed by atoms with van der Waals surface area (Å²) in [5.41, 5.74) is 0.204. The molecule has 3 rings (SSSR count). The molecule has 106 valence electrons. The average Bonchev–Trinajstić information content (AvgIpc) is 2.39. The molecule has 1 atom stereocenters. The van der Waals surface area contributed by atoms with E-state index in [2.05, 4.69) is 22.4 Å². The molecule has 0 bridgehead atoms. The summed E-state index contributed by atoms with van der Waals surface area (Å²) in [6.07, 6.45) is 5.06. The Labute approximate surface area is 116 Å². The Morgan fingerprint density at radius 2 is 2.00 bits per heavy atom. The van der Waals surface area contributed by atoms with E-state index in [0.717, 1.165) is 18.0 Å². The molecule has 1 aromatic heterocycles. The standard InChI is InChI=1S/C15H19N3O2/c1-9(8-10-4-2-5-10)16-12-7-3-6-11-13(12)15(20)18-17-14(11)19/h3,6-7,9-10,16H,2,4-5,8H2,1H3,(H,17,19)(H,18,20). The van der Waals surface area contributed by atoms with Crippen molar-refractivity contribution in [3.8, 4) is 0 Å². The molecule has 0 radical (unpaired) electrons. The van der Waals surface area contributed by atoms with Crippen LogP contribution in [0.25, 0.3) is 10.8 Å². The molecule has 1 heterocycles. The maximum atomic E-state index is 12.0. The Bertz CT molecular complexity index is 728. The lowest BCUT2D eigenvalue weighted by Gasteiger charge is -2.29. The van der Waals surface area contributed by atoms with Gasteiger partial charge in [-0.3, -0.25) is 19.8 Å². The molecule has 5 heteroatoms. The Morgan fingerprint density at radius 3 is 2.70 bits per heavy atom. The second kappa shape index (κ2) is 5.15. The number of H-pyrrole nitrogens is 2. The van der Waals surface area contributed by atoms with Crippen molar-refractivity contribution < 1.29 is 0 Å². The lowest BCUT2D eigenvalue weighted by atomic mass is 9.81. The van der Waals surface area contributed by atoms with Crippen molar-refractivity contribution in [1.82, 2.24) is 10.2 Å². The van der Waals surface area contributed by atoms with Crippen LogP contribution in [-0.4, -0.2) is 16.2 Å². The smallest absolute Gasteiger partial charge is 0.272 e. The molecule has 1 aromatic carbocycles. The van der Waals surface area contributed by atoms with Gasteiger partial charge in [-0.15, -0.1) is 0 Å². The summed E-state index contributed by atoms with van der Waals surface area (Å²) in [5, 5.41) is 8.99. The van der Waals surface area contributed by atoms with Gasteiger partial charge in [0.25, 0.3) is 11.1 Å². The van der Waals surface area contributed by atoms with E-state index in [1.165, 1.54) is 19.3 Å². The topological polar surface area (TPSA) is 77.8 Å². The lowest BCUT2D eigenvalue weighted by Crippen LogP contribution is -2.25. The summed E-state index contributed by atoms with van der Waals surface area (Å²) >= 11 is 0. The third-order valence-corrected chi connectivity index (χ3v) is 4.14. The largest absolute Gasteiger partial charge is 0.382 e. The molecule has 0 spiro atoms. The monoisotopic (exact) mass is 273 g/mol. The molecular formula is C15H19N3O2. The second-order valence-corrected chi connectivity index (χ2v) is 5.71. The van der Waals surface area contributed by atoms with Gasteiger partial charge in [0, 0.05) is 11.7 Å². The van der Waals surface area contributed by atoms with Crippen molar-refractivity contribution in [3.05, 3.63) is 38.9 Å². The molecule has 1 aliphatic rings. The molecule has 0 amide bonds. The molecular weight excluding hydrogens is 254 g/mol. The van der Waals surface area contributed by atoms with Crippen molar-refractivity contribution in [2.45, 2.75) is 38.6 Å². The van der Waals surface area contributed by atoms with Crippen LogP contribution in [0.2, 0.25) is 0 Å². The van der Waals surface area contributed by atoms with E-state index in [4.69, 9.17) is 0 Å². The third-order valence-electron chi connectivity index (χ3n) is 4.14. The third kappa shape index (κ3) is 2.35. The number of rotatable bonds is 4. The molecule has 1 saturated carbocycles. The fourth-order valence-electron chi connectivity index (χ4n) is 2.90. The van der Waals surface area contributed by atoms with Crippen LogP contribution in [0.15, 0.2) is 27.8 Å². The summed E-state index contributed by atoms with van der Waals surface area (Å²) < 4.78 is 0. The minimum Gasteiger partial charge on any atom is -0.382 e. The number of anilines is 1. The summed E-state index contributed by atoms with van der Waals surface area (Å²) in [4.78, 5) is 23.7. The van der Waals surface area contributed by atoms with E-state index < -0.39 is 0 Å². The normalized spacial score (nSPS) is 16.9. The zero-order valence-corrected chi connectivity index (χ0v) is 11.5. The Hall–Kier alpha value is -2.04. The van der Waals surface area contributed by atoms with E-state index in [1.807, 2.05) is 6.07 Å². The molecule has 2 aromatic rings. The van der Waals surface area contributed by atoms with Gasteiger partial charge in [0.2, 0.25) is 0 Å². The molecule has 0 aliphatic heterocycles. The highest BCUT2D eigenvalue weighted by molar-refractivity contribution is 5.92. The van der Waals surface area contributed by atoms with Crippen molar-refractivity contribution >= 4 is 16.5 Å². The highest BCUT2D eigenvalue weighted by atomic mass is 16.1. The Morgan fingerprint density at radius 1 is 1.25 bits per heavy atom. The van der Waals surface area contributed by atoms with Crippen LogP contribution in [0.5, 0.6) is 0 Å². The summed E-state index contributed by atoms with van der Waals surface area (Å²) in [7, 11) is 0. The van der Waals surface area contributed by atoms with Crippen LogP contribution >= 0.6 is 0 Å². The number of fused-ring (bicyclic) bond motifs is 1. The van der Waals surface area contributed by atoms with Crippen LogP contribution in [0.4, 0.5) is 5.69 Å². The molecule has 1 fully saturated rings. The van der Waals surface area contributed by atoms with Gasteiger partial charge in [-0.1, -0.05) is 25.3 Å². The molecule has 1 unspecified atom stereocenters. The van der Waals surface area contributed by atoms with Crippen molar-refractivity contribution in [3.63, 3.8) is 0 Å². The molecule has 5 nitrogen and oxygen atoms in total. The van der Waals surface area contributed by atoms with E-state index in [1.54, 1.807) is 12.1 Å². The Balaban J connectivity index is 1.93. The maximum Gasteiger partial charge on any atom is 0.272 e. The minimum atomic E-state index is -0.269. The van der Waals surface area contributed by atoms with Crippen molar-refractivity contribution in [2.24, 2.45) is 5.92 Å². The van der Waals surface area contributed by atoms with Gasteiger partial charge in [-0.05, 0) is 31.4 Å². The number of nitrogens with one attached hydrogen (secondary N) is 3. The van der Waals surface area contributed by atoms with Crippen molar-refractivity contribution in [2.75, 3.05) is 5.32 Å². The number of benzene rings is 1. The van der Waals surface area contributed by atoms with Crippen LogP contribution in [0, 0.1) is 5.92 Å². The highest BCUT2D eigenvalue weighted by Crippen LogP contribution is 2.31. The number of aromatic amines is 2. The average molecular weight is 273 g/mol. The summed E-state index contributed by atoms with van der Waals surface area (Å²) in [6.45, 7) is 2.12. The van der Waals surface area contributed by atoms with Gasteiger partial charge in [0.05, 0.1) is 10.8 Å². The predicted molar refractivity (Wildman–Crippen MR) is 80.2 cm³/mol. The van der Waals surface area contributed by atoms with Crippen molar-refractivity contribution in [1.29, 1.82) is 0 Å². The fourth-order valence-corrected chi connectivity index (χ4v) is 2.90. The highest BCUT2D eigenvalue weighted by Gasteiger charge is 2.20. The van der Waals surface area contributed by atoms with Gasteiger partial charge >= 0.3 is 0 Å². The van der Waals surface area contributed by atoms with Gasteiger partial charge < -0.3 is 5.32 Å². The van der Waals surface area contributed by atoms with Gasteiger partial charge in [0.1, 0.15) is 0 Å². The zero-order chi connectivity index (χ0) is 14.1. The maximum absolute atomic E-state index is 12.0. The van der Waals surface area contributed by atoms with Gasteiger partial charge in [-0.2, -0.15) is 0 Å². The van der Waals surface area contributed by atoms with E-state index in [0.29, 0.717) is 16.8 Å². The van der Waals surface area contributed by atoms with Crippen LogP contribution in [-0.2, 0) is 0 Å². The number of hydrogen-bond donors (Lipinski definition) is 3. The van der Waals surface area contributed by atoms with Crippen LogP contribution in [0.1, 0.15) is 32.6 Å². The molecule has 0 saturated heterocycles. The first-order valence-electron chi connectivity index (χ1n) is 7.15. The second-order valence-electron chi connectivity index (χ2n) is 5.71. The minimum absolute atomic E-state index is 0.265. The summed E-state index contributed by atoms with van der Waals surface area (Å²) in [6, 6.07) is 5.62. The predicted octanol–water partition coefficient (Wildman–Crippen LogP) is 2.21. The molecule has 3 N–H and O–H groups in total. The lowest BCUT2D eigenvalue weighted by molar-refractivity contribution is 0.286. The van der Waals surface area contributed by atoms with E-state index in [-0.39, 0.29) is 11.1 Å². The Kier molecular flexibility index (Phi) is 3.34. The first kappa shape index (κ1) is 13.0. The zero-order valence-electron chi connectivity index (χ0n) is 11.5. The number of hydrogen-bond acceptors (Lipinski definition) is 3. The van der Waals surface area contributed by atoms with Gasteiger partial charge in [-0.25, -0.2) is 0 Å². The van der Waals surface area contributed by atoms with Gasteiger partial charge in [0.15, 0.2) is 0 Å². The first-order valence-corrected chi connectivity index (χ1v) is 7.15. The van der Waals surface area contributed by atoms with E-state index >= 15 is 0 Å². The van der Waals surface area contributed by atoms with E-state index in [9.17, 15) is 9.59 Å².